The van der Waals surface area contributed by atoms with E-state index in [-0.39, 0.29) is 5.82 Å². The molecule has 20 heavy (non-hydrogen) atoms. The molecule has 0 radical (unpaired) electrons. The highest BCUT2D eigenvalue weighted by atomic mass is 32.1. The van der Waals surface area contributed by atoms with Gasteiger partial charge in [0.1, 0.15) is 5.82 Å². The van der Waals surface area contributed by atoms with Crippen molar-refractivity contribution in [1.29, 1.82) is 0 Å². The Labute approximate surface area is 123 Å². The summed E-state index contributed by atoms with van der Waals surface area (Å²) in [6.45, 7) is 4.97. The van der Waals surface area contributed by atoms with Crippen LogP contribution in [0.5, 0.6) is 0 Å². The summed E-state index contributed by atoms with van der Waals surface area (Å²) in [6, 6.07) is 5.26. The minimum atomic E-state index is -0.148. The third kappa shape index (κ3) is 3.18. The van der Waals surface area contributed by atoms with Gasteiger partial charge in [0, 0.05) is 28.1 Å². The number of nitrogens with one attached hydrogen (secondary N) is 1. The van der Waals surface area contributed by atoms with Crippen LogP contribution in [-0.4, -0.2) is 25.0 Å². The van der Waals surface area contributed by atoms with Crippen molar-refractivity contribution in [3.63, 3.8) is 0 Å². The Morgan fingerprint density at radius 3 is 2.95 bits per heavy atom. The van der Waals surface area contributed by atoms with Crippen molar-refractivity contribution in [1.82, 2.24) is 10.2 Å². The standard InChI is InChI=1S/C16H19FN2S/c1-4-9-19(3)11-12-15(10-18-5-2)20-14-8-6-7-13(17)16(12)14/h1,6-8,18H,5,9-11H2,2-3H3. The molecule has 4 heteroatoms. The Hall–Kier alpha value is -1.41. The Morgan fingerprint density at radius 2 is 2.25 bits per heavy atom. The molecule has 0 amide bonds. The molecule has 2 aromatic rings. The lowest BCUT2D eigenvalue weighted by Crippen LogP contribution is -2.19. The van der Waals surface area contributed by atoms with Gasteiger partial charge in [-0.15, -0.1) is 17.8 Å². The fraction of sp³-hybridized carbons (Fsp3) is 0.375. The van der Waals surface area contributed by atoms with Crippen LogP contribution in [0.3, 0.4) is 0 Å². The molecule has 2 rings (SSSR count). The molecule has 0 atom stereocenters. The SMILES string of the molecule is C#CCN(C)Cc1c(CNCC)sc2cccc(F)c12. The number of hydrogen-bond acceptors (Lipinski definition) is 3. The molecule has 0 saturated carbocycles. The van der Waals surface area contributed by atoms with Crippen molar-refractivity contribution in [2.45, 2.75) is 20.0 Å². The van der Waals surface area contributed by atoms with Crippen LogP contribution in [0, 0.1) is 18.2 Å². The second-order valence-corrected chi connectivity index (χ2v) is 5.91. The molecule has 0 unspecified atom stereocenters. The zero-order valence-electron chi connectivity index (χ0n) is 11.9. The number of benzene rings is 1. The van der Waals surface area contributed by atoms with Crippen LogP contribution in [0.15, 0.2) is 18.2 Å². The predicted octanol–water partition coefficient (Wildman–Crippen LogP) is 3.21. The second-order valence-electron chi connectivity index (χ2n) is 4.77. The first-order valence-electron chi connectivity index (χ1n) is 6.68. The molecule has 1 aromatic carbocycles. The van der Waals surface area contributed by atoms with E-state index in [1.54, 1.807) is 17.4 Å². The zero-order chi connectivity index (χ0) is 14.5. The molecule has 106 valence electrons. The molecule has 1 aromatic heterocycles. The van der Waals surface area contributed by atoms with Crippen molar-refractivity contribution < 1.29 is 4.39 Å². The molecule has 0 spiro atoms. The van der Waals surface area contributed by atoms with Gasteiger partial charge in [0.05, 0.1) is 6.54 Å². The van der Waals surface area contributed by atoms with Gasteiger partial charge in [0.2, 0.25) is 0 Å². The van der Waals surface area contributed by atoms with E-state index in [9.17, 15) is 4.39 Å². The number of nitrogens with zero attached hydrogens (tertiary/aromatic N) is 1. The van der Waals surface area contributed by atoms with E-state index in [1.807, 2.05) is 18.0 Å². The predicted molar refractivity (Wildman–Crippen MR) is 84.3 cm³/mol. The number of thiophene rings is 1. The number of fused-ring (bicyclic) bond motifs is 1. The quantitative estimate of drug-likeness (QED) is 0.822. The Morgan fingerprint density at radius 1 is 1.45 bits per heavy atom. The summed E-state index contributed by atoms with van der Waals surface area (Å²) in [6.07, 6.45) is 5.34. The van der Waals surface area contributed by atoms with E-state index in [0.29, 0.717) is 13.1 Å². The summed E-state index contributed by atoms with van der Waals surface area (Å²) in [5.74, 6) is 2.48. The average molecular weight is 290 g/mol. The lowest BCUT2D eigenvalue weighted by Gasteiger charge is -2.14. The second kappa shape index (κ2) is 6.85. The Kier molecular flexibility index (Phi) is 5.13. The van der Waals surface area contributed by atoms with Crippen LogP contribution in [0.1, 0.15) is 17.4 Å². The summed E-state index contributed by atoms with van der Waals surface area (Å²) in [7, 11) is 1.96. The van der Waals surface area contributed by atoms with E-state index in [2.05, 4.69) is 18.2 Å². The molecule has 0 saturated heterocycles. The molecule has 2 nitrogen and oxygen atoms in total. The topological polar surface area (TPSA) is 15.3 Å². The van der Waals surface area contributed by atoms with Crippen LogP contribution >= 0.6 is 11.3 Å². The van der Waals surface area contributed by atoms with Gasteiger partial charge in [-0.1, -0.05) is 18.9 Å². The number of rotatable bonds is 6. The smallest absolute Gasteiger partial charge is 0.132 e. The maximum atomic E-state index is 14.1. The van der Waals surface area contributed by atoms with E-state index >= 15 is 0 Å². The summed E-state index contributed by atoms with van der Waals surface area (Å²) in [5, 5.41) is 4.06. The average Bonchev–Trinajstić information content (AvgIpc) is 2.76. The molecule has 0 aliphatic rings. The van der Waals surface area contributed by atoms with E-state index in [0.717, 1.165) is 28.7 Å². The van der Waals surface area contributed by atoms with Crippen molar-refractivity contribution in [2.75, 3.05) is 20.1 Å². The van der Waals surface area contributed by atoms with Gasteiger partial charge < -0.3 is 5.32 Å². The molecular weight excluding hydrogens is 271 g/mol. The van der Waals surface area contributed by atoms with Crippen molar-refractivity contribution in [3.05, 3.63) is 34.5 Å². The molecule has 1 N–H and O–H groups in total. The molecule has 0 bridgehead atoms. The first kappa shape index (κ1) is 15.0. The van der Waals surface area contributed by atoms with Crippen molar-refractivity contribution in [3.8, 4) is 12.3 Å². The summed E-state index contributed by atoms with van der Waals surface area (Å²) < 4.78 is 15.1. The van der Waals surface area contributed by atoms with Gasteiger partial charge in [-0.05, 0) is 31.3 Å². The van der Waals surface area contributed by atoms with E-state index in [4.69, 9.17) is 6.42 Å². The van der Waals surface area contributed by atoms with Gasteiger partial charge in [-0.3, -0.25) is 4.90 Å². The number of terminal acetylenes is 1. The maximum Gasteiger partial charge on any atom is 0.132 e. The van der Waals surface area contributed by atoms with Crippen LogP contribution in [0.25, 0.3) is 10.1 Å². The number of halogens is 1. The highest BCUT2D eigenvalue weighted by molar-refractivity contribution is 7.19. The zero-order valence-corrected chi connectivity index (χ0v) is 12.7. The lowest BCUT2D eigenvalue weighted by molar-refractivity contribution is 0.369. The fourth-order valence-electron chi connectivity index (χ4n) is 2.25. The Bertz CT molecular complexity index is 627. The van der Waals surface area contributed by atoms with Gasteiger partial charge in [0.15, 0.2) is 0 Å². The largest absolute Gasteiger partial charge is 0.312 e. The van der Waals surface area contributed by atoms with Crippen molar-refractivity contribution >= 4 is 21.4 Å². The van der Waals surface area contributed by atoms with E-state index in [1.165, 1.54) is 10.9 Å². The summed E-state index contributed by atoms with van der Waals surface area (Å²) in [5.41, 5.74) is 1.06. The van der Waals surface area contributed by atoms with Crippen LogP contribution in [0.4, 0.5) is 4.39 Å². The maximum absolute atomic E-state index is 14.1. The molecule has 0 aliphatic heterocycles. The minimum Gasteiger partial charge on any atom is -0.312 e. The summed E-state index contributed by atoms with van der Waals surface area (Å²) >= 11 is 1.66. The van der Waals surface area contributed by atoms with Gasteiger partial charge in [0.25, 0.3) is 0 Å². The third-order valence-electron chi connectivity index (χ3n) is 3.17. The molecule has 0 fully saturated rings. The molecule has 0 aliphatic carbocycles. The Balaban J connectivity index is 2.43. The van der Waals surface area contributed by atoms with E-state index < -0.39 is 0 Å². The minimum absolute atomic E-state index is 0.148. The van der Waals surface area contributed by atoms with Crippen molar-refractivity contribution in [2.24, 2.45) is 0 Å². The first-order chi connectivity index (χ1) is 9.67. The lowest BCUT2D eigenvalue weighted by atomic mass is 10.1. The van der Waals surface area contributed by atoms with Gasteiger partial charge in [-0.25, -0.2) is 4.39 Å². The normalized spacial score (nSPS) is 11.2. The molecular formula is C16H19FN2S. The monoisotopic (exact) mass is 290 g/mol. The highest BCUT2D eigenvalue weighted by Crippen LogP contribution is 2.33. The van der Waals surface area contributed by atoms with Crippen LogP contribution in [-0.2, 0) is 13.1 Å². The van der Waals surface area contributed by atoms with Crippen LogP contribution < -0.4 is 5.32 Å². The van der Waals surface area contributed by atoms with Gasteiger partial charge in [-0.2, -0.15) is 0 Å². The fourth-order valence-corrected chi connectivity index (χ4v) is 3.45. The van der Waals surface area contributed by atoms with Crippen LogP contribution in [0.2, 0.25) is 0 Å². The molecule has 1 heterocycles. The first-order valence-corrected chi connectivity index (χ1v) is 7.50. The number of hydrogen-bond donors (Lipinski definition) is 1. The highest BCUT2D eigenvalue weighted by Gasteiger charge is 2.16. The summed E-state index contributed by atoms with van der Waals surface area (Å²) in [4.78, 5) is 3.22. The third-order valence-corrected chi connectivity index (χ3v) is 4.37. The van der Waals surface area contributed by atoms with Gasteiger partial charge >= 0.3 is 0 Å².